The fourth-order valence-electron chi connectivity index (χ4n) is 1.80. The molecule has 1 fully saturated rings. The van der Waals surface area contributed by atoms with E-state index in [4.69, 9.17) is 10.5 Å². The van der Waals surface area contributed by atoms with Gasteiger partial charge in [0, 0.05) is 19.0 Å². The summed E-state index contributed by atoms with van der Waals surface area (Å²) >= 11 is 1.17. The predicted octanol–water partition coefficient (Wildman–Crippen LogP) is 0.692. The lowest BCUT2D eigenvalue weighted by Crippen LogP contribution is -2.27. The topological polar surface area (TPSA) is 85.5 Å². The van der Waals surface area contributed by atoms with Gasteiger partial charge in [0.25, 0.3) is 0 Å². The van der Waals surface area contributed by atoms with E-state index < -0.39 is 5.97 Å². The van der Waals surface area contributed by atoms with Crippen molar-refractivity contribution in [1.82, 2.24) is 4.98 Å². The number of amides is 1. The molecule has 2 rings (SSSR count). The van der Waals surface area contributed by atoms with Gasteiger partial charge in [-0.3, -0.25) is 9.69 Å². The minimum Gasteiger partial charge on any atom is -0.462 e. The van der Waals surface area contributed by atoms with Gasteiger partial charge in [0.1, 0.15) is 4.88 Å². The van der Waals surface area contributed by atoms with Crippen LogP contribution < -0.4 is 10.6 Å². The average Bonchev–Trinajstić information content (AvgIpc) is 2.82. The molecule has 0 saturated carbocycles. The fraction of sp³-hybridized carbons (Fsp3) is 0.545. The molecule has 0 aromatic carbocycles. The number of hydrogen-bond donors (Lipinski definition) is 1. The van der Waals surface area contributed by atoms with Crippen LogP contribution in [0.25, 0.3) is 0 Å². The van der Waals surface area contributed by atoms with E-state index >= 15 is 0 Å². The van der Waals surface area contributed by atoms with E-state index in [1.807, 2.05) is 0 Å². The molecular formula is C11H15N3O3S. The quantitative estimate of drug-likeness (QED) is 0.816. The molecule has 1 aromatic heterocycles. The van der Waals surface area contributed by atoms with Crippen molar-refractivity contribution in [3.8, 4) is 0 Å². The smallest absolute Gasteiger partial charge is 0.350 e. The monoisotopic (exact) mass is 269 g/mol. The molecular weight excluding hydrogens is 254 g/mol. The van der Waals surface area contributed by atoms with Crippen LogP contribution in [0.2, 0.25) is 0 Å². The first kappa shape index (κ1) is 13.0. The summed E-state index contributed by atoms with van der Waals surface area (Å²) in [6, 6.07) is -0.159. The highest BCUT2D eigenvalue weighted by Crippen LogP contribution is 2.29. The van der Waals surface area contributed by atoms with Crippen molar-refractivity contribution in [2.24, 2.45) is 5.73 Å². The van der Waals surface area contributed by atoms with Gasteiger partial charge in [-0.15, -0.1) is 0 Å². The highest BCUT2D eigenvalue weighted by atomic mass is 32.1. The number of hydrogen-bond acceptors (Lipinski definition) is 6. The van der Waals surface area contributed by atoms with Crippen molar-refractivity contribution in [2.75, 3.05) is 18.1 Å². The van der Waals surface area contributed by atoms with Crippen LogP contribution in [0.4, 0.5) is 5.13 Å². The van der Waals surface area contributed by atoms with Crippen LogP contribution in [0.1, 0.15) is 28.7 Å². The molecule has 1 amide bonds. The average molecular weight is 269 g/mol. The first-order chi connectivity index (χ1) is 8.52. The van der Waals surface area contributed by atoms with Gasteiger partial charge in [-0.05, 0) is 13.8 Å². The van der Waals surface area contributed by atoms with Gasteiger partial charge in [0.05, 0.1) is 12.3 Å². The van der Waals surface area contributed by atoms with Gasteiger partial charge >= 0.3 is 5.97 Å². The fourth-order valence-corrected chi connectivity index (χ4v) is 2.79. The normalized spacial score (nSPS) is 19.4. The molecule has 2 N–H and O–H groups in total. The third kappa shape index (κ3) is 2.37. The molecule has 98 valence electrons. The first-order valence-corrected chi connectivity index (χ1v) is 6.55. The van der Waals surface area contributed by atoms with Gasteiger partial charge in [-0.25, -0.2) is 9.78 Å². The lowest BCUT2D eigenvalue weighted by molar-refractivity contribution is -0.117. The number of anilines is 1. The van der Waals surface area contributed by atoms with Gasteiger partial charge < -0.3 is 10.5 Å². The van der Waals surface area contributed by atoms with Crippen LogP contribution in [0.15, 0.2) is 0 Å². The van der Waals surface area contributed by atoms with Crippen LogP contribution in [0.3, 0.4) is 0 Å². The summed E-state index contributed by atoms with van der Waals surface area (Å²) in [4.78, 5) is 29.6. The van der Waals surface area contributed by atoms with Crippen molar-refractivity contribution in [2.45, 2.75) is 26.3 Å². The lowest BCUT2D eigenvalue weighted by atomic mass is 10.3. The van der Waals surface area contributed by atoms with Gasteiger partial charge in [-0.2, -0.15) is 0 Å². The van der Waals surface area contributed by atoms with E-state index in [1.165, 1.54) is 16.2 Å². The second kappa shape index (κ2) is 5.03. The third-order valence-corrected chi connectivity index (χ3v) is 3.79. The maximum absolute atomic E-state index is 11.7. The first-order valence-electron chi connectivity index (χ1n) is 5.73. The Hall–Kier alpha value is -1.47. The molecule has 6 nitrogen and oxygen atoms in total. The lowest BCUT2D eigenvalue weighted by Gasteiger charge is -2.10. The molecule has 1 aliphatic rings. The van der Waals surface area contributed by atoms with Crippen molar-refractivity contribution >= 4 is 28.3 Å². The number of ether oxygens (including phenoxy) is 1. The molecule has 0 spiro atoms. The van der Waals surface area contributed by atoms with Crippen LogP contribution in [0.5, 0.6) is 0 Å². The predicted molar refractivity (Wildman–Crippen MR) is 67.8 cm³/mol. The van der Waals surface area contributed by atoms with Gasteiger partial charge in [0.2, 0.25) is 5.91 Å². The Labute approximate surface area is 109 Å². The van der Waals surface area contributed by atoms with Crippen molar-refractivity contribution < 1.29 is 14.3 Å². The Morgan fingerprint density at radius 2 is 2.39 bits per heavy atom. The third-order valence-electron chi connectivity index (χ3n) is 2.63. The minimum atomic E-state index is -0.394. The molecule has 0 aliphatic carbocycles. The molecule has 1 saturated heterocycles. The summed E-state index contributed by atoms with van der Waals surface area (Å²) in [5, 5.41) is 0.522. The summed E-state index contributed by atoms with van der Waals surface area (Å²) in [6.07, 6.45) is 0.327. The molecule has 1 atom stereocenters. The molecule has 7 heteroatoms. The van der Waals surface area contributed by atoms with Crippen LogP contribution >= 0.6 is 11.3 Å². The molecule has 0 radical (unpaired) electrons. The molecule has 2 heterocycles. The van der Waals surface area contributed by atoms with Crippen LogP contribution in [-0.2, 0) is 9.53 Å². The summed E-state index contributed by atoms with van der Waals surface area (Å²) in [5.74, 6) is -0.443. The number of nitrogens with two attached hydrogens (primary N) is 1. The second-order valence-electron chi connectivity index (χ2n) is 4.10. The van der Waals surface area contributed by atoms with E-state index in [-0.39, 0.29) is 11.9 Å². The zero-order valence-corrected chi connectivity index (χ0v) is 11.1. The van der Waals surface area contributed by atoms with Crippen LogP contribution in [-0.4, -0.2) is 36.1 Å². The number of nitrogens with zero attached hydrogens (tertiary/aromatic N) is 2. The van der Waals surface area contributed by atoms with E-state index in [1.54, 1.807) is 13.8 Å². The highest BCUT2D eigenvalue weighted by Gasteiger charge is 2.31. The maximum Gasteiger partial charge on any atom is 0.350 e. The van der Waals surface area contributed by atoms with Crippen molar-refractivity contribution in [3.05, 3.63) is 10.6 Å². The van der Waals surface area contributed by atoms with Crippen LogP contribution in [0, 0.1) is 6.92 Å². The largest absolute Gasteiger partial charge is 0.462 e. The van der Waals surface area contributed by atoms with Gasteiger partial charge in [-0.1, -0.05) is 11.3 Å². The summed E-state index contributed by atoms with van der Waals surface area (Å²) < 4.78 is 4.94. The number of carbonyl (C=O) groups is 2. The minimum absolute atomic E-state index is 0.0494. The summed E-state index contributed by atoms with van der Waals surface area (Å²) in [6.45, 7) is 4.25. The number of aromatic nitrogens is 1. The number of thiazole rings is 1. The molecule has 18 heavy (non-hydrogen) atoms. The second-order valence-corrected chi connectivity index (χ2v) is 5.08. The maximum atomic E-state index is 11.7. The van der Waals surface area contributed by atoms with Crippen molar-refractivity contribution in [1.29, 1.82) is 0 Å². The van der Waals surface area contributed by atoms with Crippen molar-refractivity contribution in [3.63, 3.8) is 0 Å². The number of rotatable bonds is 3. The number of esters is 1. The van der Waals surface area contributed by atoms with Gasteiger partial charge in [0.15, 0.2) is 5.13 Å². The number of aryl methyl sites for hydroxylation is 1. The standard InChI is InChI=1S/C11H15N3O3S/c1-3-17-10(16)9-6(2)13-11(18-9)14-5-7(12)4-8(14)15/h7H,3-5,12H2,1-2H3. The van der Waals surface area contributed by atoms with E-state index in [0.717, 1.165) is 0 Å². The van der Waals surface area contributed by atoms with E-state index in [9.17, 15) is 9.59 Å². The Kier molecular flexibility index (Phi) is 3.63. The summed E-state index contributed by atoms with van der Waals surface area (Å²) in [7, 11) is 0. The summed E-state index contributed by atoms with van der Waals surface area (Å²) in [5.41, 5.74) is 6.31. The van der Waals surface area contributed by atoms with E-state index in [2.05, 4.69) is 4.98 Å². The Morgan fingerprint density at radius 3 is 2.94 bits per heavy atom. The Bertz CT molecular complexity index is 486. The molecule has 1 aromatic rings. The number of carbonyl (C=O) groups excluding carboxylic acids is 2. The highest BCUT2D eigenvalue weighted by molar-refractivity contribution is 7.17. The Morgan fingerprint density at radius 1 is 1.67 bits per heavy atom. The zero-order valence-electron chi connectivity index (χ0n) is 10.3. The molecule has 1 unspecified atom stereocenters. The molecule has 0 bridgehead atoms. The SMILES string of the molecule is CCOC(=O)c1sc(N2CC(N)CC2=O)nc1C. The molecule has 1 aliphatic heterocycles. The van der Waals surface area contributed by atoms with E-state index in [0.29, 0.717) is 35.3 Å². The Balaban J connectivity index is 2.23. The zero-order chi connectivity index (χ0) is 13.3.